The van der Waals surface area contributed by atoms with E-state index < -0.39 is 0 Å². The van der Waals surface area contributed by atoms with Crippen molar-refractivity contribution in [1.29, 1.82) is 0 Å². The molecule has 0 fully saturated rings. The number of aryl methyl sites for hydroxylation is 1. The van der Waals surface area contributed by atoms with Crippen molar-refractivity contribution in [2.24, 2.45) is 0 Å². The lowest BCUT2D eigenvalue weighted by Gasteiger charge is -2.02. The van der Waals surface area contributed by atoms with Crippen LogP contribution in [0.3, 0.4) is 0 Å². The Kier molecular flexibility index (Phi) is 3.50. The lowest BCUT2D eigenvalue weighted by atomic mass is 10.2. The SMILES string of the molecule is CCC(Cl)CCc1ccco1. The fraction of sp³-hybridized carbons (Fsp3) is 0.556. The standard InChI is InChI=1S/C9H13ClO/c1-2-8(10)5-6-9-4-3-7-11-9/h3-4,7-8H,2,5-6H2,1H3. The zero-order chi connectivity index (χ0) is 8.10. The number of halogens is 1. The summed E-state index contributed by atoms with van der Waals surface area (Å²) in [6.45, 7) is 2.10. The molecule has 11 heavy (non-hydrogen) atoms. The summed E-state index contributed by atoms with van der Waals surface area (Å²) in [4.78, 5) is 0. The molecule has 62 valence electrons. The summed E-state index contributed by atoms with van der Waals surface area (Å²) >= 11 is 5.94. The molecule has 1 heterocycles. The third kappa shape index (κ3) is 2.98. The second kappa shape index (κ2) is 4.45. The maximum absolute atomic E-state index is 5.94. The van der Waals surface area contributed by atoms with Gasteiger partial charge in [0.15, 0.2) is 0 Å². The molecule has 0 radical (unpaired) electrons. The minimum atomic E-state index is 0.292. The topological polar surface area (TPSA) is 13.1 Å². The lowest BCUT2D eigenvalue weighted by molar-refractivity contribution is 0.498. The largest absolute Gasteiger partial charge is 0.469 e. The van der Waals surface area contributed by atoms with Crippen molar-refractivity contribution in [2.75, 3.05) is 0 Å². The second-order valence-corrected chi connectivity index (χ2v) is 3.24. The van der Waals surface area contributed by atoms with Gasteiger partial charge in [0.05, 0.1) is 6.26 Å². The normalized spacial score (nSPS) is 13.3. The van der Waals surface area contributed by atoms with Crippen molar-refractivity contribution in [1.82, 2.24) is 0 Å². The molecule has 0 aliphatic heterocycles. The molecule has 0 aliphatic carbocycles. The summed E-state index contributed by atoms with van der Waals surface area (Å²) in [6, 6.07) is 3.89. The number of hydrogen-bond donors (Lipinski definition) is 0. The Bertz CT molecular complexity index is 181. The van der Waals surface area contributed by atoms with Crippen molar-refractivity contribution in [3.05, 3.63) is 24.2 Å². The van der Waals surface area contributed by atoms with Crippen LogP contribution in [0.1, 0.15) is 25.5 Å². The molecule has 1 atom stereocenters. The number of furan rings is 1. The minimum absolute atomic E-state index is 0.292. The summed E-state index contributed by atoms with van der Waals surface area (Å²) < 4.78 is 5.17. The molecule has 0 saturated heterocycles. The van der Waals surface area contributed by atoms with Gasteiger partial charge < -0.3 is 4.42 Å². The molecule has 1 aromatic heterocycles. The first-order valence-electron chi connectivity index (χ1n) is 3.99. The molecule has 0 N–H and O–H groups in total. The molecule has 0 saturated carbocycles. The Morgan fingerprint density at radius 1 is 1.64 bits per heavy atom. The predicted molar refractivity (Wildman–Crippen MR) is 47.0 cm³/mol. The van der Waals surface area contributed by atoms with Gasteiger partial charge in [0.2, 0.25) is 0 Å². The van der Waals surface area contributed by atoms with Crippen LogP contribution >= 0.6 is 11.6 Å². The van der Waals surface area contributed by atoms with Gasteiger partial charge in [-0.2, -0.15) is 0 Å². The Hall–Kier alpha value is -0.430. The Labute approximate surface area is 72.4 Å². The maximum Gasteiger partial charge on any atom is 0.103 e. The molecule has 1 unspecified atom stereocenters. The number of hydrogen-bond acceptors (Lipinski definition) is 1. The summed E-state index contributed by atoms with van der Waals surface area (Å²) in [7, 11) is 0. The van der Waals surface area contributed by atoms with E-state index in [0.717, 1.165) is 25.0 Å². The van der Waals surface area contributed by atoms with E-state index >= 15 is 0 Å². The number of rotatable bonds is 4. The van der Waals surface area contributed by atoms with Gasteiger partial charge in [0.25, 0.3) is 0 Å². The fourth-order valence-electron chi connectivity index (χ4n) is 0.958. The van der Waals surface area contributed by atoms with Gasteiger partial charge in [-0.3, -0.25) is 0 Å². The van der Waals surface area contributed by atoms with Crippen LogP contribution in [0.15, 0.2) is 22.8 Å². The highest BCUT2D eigenvalue weighted by Crippen LogP contribution is 2.11. The highest BCUT2D eigenvalue weighted by molar-refractivity contribution is 6.20. The molecule has 1 aromatic rings. The Morgan fingerprint density at radius 3 is 3.00 bits per heavy atom. The molecule has 0 aromatic carbocycles. The highest BCUT2D eigenvalue weighted by atomic mass is 35.5. The molecule has 1 rings (SSSR count). The van der Waals surface area contributed by atoms with Crippen LogP contribution in [0.4, 0.5) is 0 Å². The van der Waals surface area contributed by atoms with E-state index in [1.807, 2.05) is 12.1 Å². The molecular weight excluding hydrogens is 160 g/mol. The van der Waals surface area contributed by atoms with Crippen LogP contribution in [0.2, 0.25) is 0 Å². The van der Waals surface area contributed by atoms with E-state index in [9.17, 15) is 0 Å². The van der Waals surface area contributed by atoms with Crippen LogP contribution < -0.4 is 0 Å². The monoisotopic (exact) mass is 172 g/mol. The molecular formula is C9H13ClO. The van der Waals surface area contributed by atoms with Crippen molar-refractivity contribution in [2.45, 2.75) is 31.6 Å². The molecule has 1 nitrogen and oxygen atoms in total. The Balaban J connectivity index is 2.23. The average Bonchev–Trinajstić information content (AvgIpc) is 2.52. The summed E-state index contributed by atoms with van der Waals surface area (Å²) in [5.41, 5.74) is 0. The minimum Gasteiger partial charge on any atom is -0.469 e. The van der Waals surface area contributed by atoms with Crippen molar-refractivity contribution in [3.63, 3.8) is 0 Å². The fourth-order valence-corrected chi connectivity index (χ4v) is 1.07. The smallest absolute Gasteiger partial charge is 0.103 e. The molecule has 0 amide bonds. The van der Waals surface area contributed by atoms with Crippen molar-refractivity contribution in [3.8, 4) is 0 Å². The zero-order valence-corrected chi connectivity index (χ0v) is 7.47. The van der Waals surface area contributed by atoms with Crippen LogP contribution in [-0.2, 0) is 6.42 Å². The first kappa shape index (κ1) is 8.66. The van der Waals surface area contributed by atoms with Crippen molar-refractivity contribution < 1.29 is 4.42 Å². The van der Waals surface area contributed by atoms with Gasteiger partial charge >= 0.3 is 0 Å². The third-order valence-corrected chi connectivity index (χ3v) is 2.25. The lowest BCUT2D eigenvalue weighted by Crippen LogP contribution is -1.97. The summed E-state index contributed by atoms with van der Waals surface area (Å²) in [5, 5.41) is 0.292. The zero-order valence-electron chi connectivity index (χ0n) is 6.72. The molecule has 0 aliphatic rings. The van der Waals surface area contributed by atoms with Crippen molar-refractivity contribution >= 4 is 11.6 Å². The first-order chi connectivity index (χ1) is 5.33. The van der Waals surface area contributed by atoms with Crippen LogP contribution in [0.25, 0.3) is 0 Å². The van der Waals surface area contributed by atoms with E-state index in [-0.39, 0.29) is 0 Å². The van der Waals surface area contributed by atoms with E-state index in [1.165, 1.54) is 0 Å². The third-order valence-electron chi connectivity index (χ3n) is 1.73. The van der Waals surface area contributed by atoms with Crippen LogP contribution in [0.5, 0.6) is 0 Å². The number of alkyl halides is 1. The highest BCUT2D eigenvalue weighted by Gasteiger charge is 2.02. The van der Waals surface area contributed by atoms with E-state index in [4.69, 9.17) is 16.0 Å². The first-order valence-corrected chi connectivity index (χ1v) is 4.43. The van der Waals surface area contributed by atoms with E-state index in [0.29, 0.717) is 5.38 Å². The molecule has 2 heteroatoms. The summed E-state index contributed by atoms with van der Waals surface area (Å²) in [6.07, 6.45) is 4.69. The van der Waals surface area contributed by atoms with Gasteiger partial charge in [-0.15, -0.1) is 11.6 Å². The van der Waals surface area contributed by atoms with E-state index in [1.54, 1.807) is 6.26 Å². The van der Waals surface area contributed by atoms with Gasteiger partial charge in [0, 0.05) is 11.8 Å². The van der Waals surface area contributed by atoms with Gasteiger partial charge in [-0.05, 0) is 25.0 Å². The van der Waals surface area contributed by atoms with Gasteiger partial charge in [-0.1, -0.05) is 6.92 Å². The molecule has 0 spiro atoms. The maximum atomic E-state index is 5.94. The quantitative estimate of drug-likeness (QED) is 0.636. The second-order valence-electron chi connectivity index (χ2n) is 2.62. The Morgan fingerprint density at radius 2 is 2.45 bits per heavy atom. The van der Waals surface area contributed by atoms with Gasteiger partial charge in [-0.25, -0.2) is 0 Å². The molecule has 0 bridgehead atoms. The van der Waals surface area contributed by atoms with Gasteiger partial charge in [0.1, 0.15) is 5.76 Å². The van der Waals surface area contributed by atoms with Crippen LogP contribution in [0, 0.1) is 0 Å². The predicted octanol–water partition coefficient (Wildman–Crippen LogP) is 3.23. The van der Waals surface area contributed by atoms with Crippen LogP contribution in [-0.4, -0.2) is 5.38 Å². The summed E-state index contributed by atoms with van der Waals surface area (Å²) in [5.74, 6) is 1.03. The average molecular weight is 173 g/mol. The van der Waals surface area contributed by atoms with E-state index in [2.05, 4.69) is 6.92 Å².